The Hall–Kier alpha value is -3.35. The Kier molecular flexibility index (Phi) is 6.67. The van der Waals surface area contributed by atoms with Crippen LogP contribution in [-0.2, 0) is 14.4 Å². The van der Waals surface area contributed by atoms with Crippen LogP contribution < -0.4 is 15.1 Å². The van der Waals surface area contributed by atoms with Crippen molar-refractivity contribution in [1.82, 2.24) is 4.90 Å². The van der Waals surface area contributed by atoms with Gasteiger partial charge in [0.2, 0.25) is 17.7 Å². The van der Waals surface area contributed by atoms with E-state index in [1.807, 2.05) is 30.9 Å². The van der Waals surface area contributed by atoms with Gasteiger partial charge in [-0.05, 0) is 42.8 Å². The van der Waals surface area contributed by atoms with Crippen molar-refractivity contribution in [2.24, 2.45) is 11.8 Å². The van der Waals surface area contributed by atoms with E-state index < -0.39 is 0 Å². The minimum Gasteiger partial charge on any atom is -0.368 e. The number of carbonyl (C=O) groups is 3. The molecule has 0 saturated carbocycles. The van der Waals surface area contributed by atoms with E-state index in [9.17, 15) is 14.4 Å². The van der Waals surface area contributed by atoms with E-state index in [2.05, 4.69) is 41.4 Å². The number of hydrogen-bond donors (Lipinski definition) is 1. The molecule has 1 unspecified atom stereocenters. The standard InChI is InChI=1S/C26H32N4O3/c1-18(2)25(32)27-21-7-5-9-23(16-21)30-17-20(15-24(30)31)26(33)29-12-10-28(11-13-29)22-8-4-6-19(3)14-22/h4-9,14,16,18,20H,10-13,15,17H2,1-3H3,(H,27,32). The van der Waals surface area contributed by atoms with Crippen LogP contribution in [0.3, 0.4) is 0 Å². The molecule has 3 amide bonds. The third-order valence-electron chi connectivity index (χ3n) is 6.38. The molecule has 4 rings (SSSR count). The number of piperazine rings is 1. The highest BCUT2D eigenvalue weighted by atomic mass is 16.2. The maximum absolute atomic E-state index is 13.2. The van der Waals surface area contributed by atoms with E-state index in [0.717, 1.165) is 13.1 Å². The van der Waals surface area contributed by atoms with Crippen LogP contribution in [0.5, 0.6) is 0 Å². The Labute approximate surface area is 195 Å². The van der Waals surface area contributed by atoms with Crippen LogP contribution in [0.25, 0.3) is 0 Å². The monoisotopic (exact) mass is 448 g/mol. The molecular formula is C26H32N4O3. The summed E-state index contributed by atoms with van der Waals surface area (Å²) in [5.41, 5.74) is 3.78. The summed E-state index contributed by atoms with van der Waals surface area (Å²) >= 11 is 0. The summed E-state index contributed by atoms with van der Waals surface area (Å²) in [5.74, 6) is -0.539. The molecule has 0 aliphatic carbocycles. The van der Waals surface area contributed by atoms with Crippen molar-refractivity contribution in [3.8, 4) is 0 Å². The van der Waals surface area contributed by atoms with Crippen LogP contribution >= 0.6 is 0 Å². The molecule has 2 saturated heterocycles. The SMILES string of the molecule is Cc1cccc(N2CCN(C(=O)C3CC(=O)N(c4cccc(NC(=O)C(C)C)c4)C3)CC2)c1. The fourth-order valence-electron chi connectivity index (χ4n) is 4.43. The highest BCUT2D eigenvalue weighted by Crippen LogP contribution is 2.29. The Balaban J connectivity index is 1.36. The maximum Gasteiger partial charge on any atom is 0.228 e. The molecule has 2 aromatic carbocycles. The zero-order valence-corrected chi connectivity index (χ0v) is 19.6. The molecule has 0 spiro atoms. The number of benzene rings is 2. The van der Waals surface area contributed by atoms with Crippen LogP contribution in [0, 0.1) is 18.8 Å². The number of carbonyl (C=O) groups excluding carboxylic acids is 3. The van der Waals surface area contributed by atoms with Crippen molar-refractivity contribution in [2.75, 3.05) is 47.8 Å². The average molecular weight is 449 g/mol. The summed E-state index contributed by atoms with van der Waals surface area (Å²) in [6, 6.07) is 15.7. The topological polar surface area (TPSA) is 73.0 Å². The second-order valence-corrected chi connectivity index (χ2v) is 9.25. The molecule has 2 heterocycles. The molecule has 0 bridgehead atoms. The molecule has 1 N–H and O–H groups in total. The van der Waals surface area contributed by atoms with Gasteiger partial charge in [-0.2, -0.15) is 0 Å². The van der Waals surface area contributed by atoms with Gasteiger partial charge in [-0.25, -0.2) is 0 Å². The molecule has 7 heteroatoms. The molecule has 2 fully saturated rings. The van der Waals surface area contributed by atoms with E-state index in [1.165, 1.54) is 11.3 Å². The van der Waals surface area contributed by atoms with Gasteiger partial charge in [-0.3, -0.25) is 14.4 Å². The zero-order valence-electron chi connectivity index (χ0n) is 19.6. The van der Waals surface area contributed by atoms with Gasteiger partial charge in [0.05, 0.1) is 5.92 Å². The summed E-state index contributed by atoms with van der Waals surface area (Å²) in [5, 5.41) is 2.87. The van der Waals surface area contributed by atoms with Crippen molar-refractivity contribution in [3.63, 3.8) is 0 Å². The lowest BCUT2D eigenvalue weighted by molar-refractivity contribution is -0.136. The second kappa shape index (κ2) is 9.65. The fraction of sp³-hybridized carbons (Fsp3) is 0.423. The van der Waals surface area contributed by atoms with Crippen LogP contribution in [0.1, 0.15) is 25.8 Å². The molecule has 2 aliphatic rings. The van der Waals surface area contributed by atoms with Gasteiger partial charge >= 0.3 is 0 Å². The van der Waals surface area contributed by atoms with E-state index in [4.69, 9.17) is 0 Å². The quantitative estimate of drug-likeness (QED) is 0.762. The average Bonchev–Trinajstić information content (AvgIpc) is 3.20. The number of amides is 3. The Morgan fingerprint density at radius 2 is 1.67 bits per heavy atom. The molecular weight excluding hydrogens is 416 g/mol. The maximum atomic E-state index is 13.2. The number of nitrogens with one attached hydrogen (secondary N) is 1. The number of rotatable bonds is 5. The van der Waals surface area contributed by atoms with Gasteiger partial charge in [0, 0.05) is 62.1 Å². The molecule has 7 nitrogen and oxygen atoms in total. The summed E-state index contributed by atoms with van der Waals surface area (Å²) in [6.07, 6.45) is 0.222. The van der Waals surface area contributed by atoms with Crippen molar-refractivity contribution in [1.29, 1.82) is 0 Å². The van der Waals surface area contributed by atoms with Gasteiger partial charge in [-0.15, -0.1) is 0 Å². The minimum absolute atomic E-state index is 0.0546. The molecule has 33 heavy (non-hydrogen) atoms. The number of nitrogens with zero attached hydrogens (tertiary/aromatic N) is 3. The smallest absolute Gasteiger partial charge is 0.228 e. The van der Waals surface area contributed by atoms with E-state index in [1.54, 1.807) is 17.0 Å². The summed E-state index contributed by atoms with van der Waals surface area (Å²) in [7, 11) is 0. The molecule has 2 aliphatic heterocycles. The second-order valence-electron chi connectivity index (χ2n) is 9.25. The molecule has 1 atom stereocenters. The number of hydrogen-bond acceptors (Lipinski definition) is 4. The Morgan fingerprint density at radius 3 is 2.36 bits per heavy atom. The van der Waals surface area contributed by atoms with Gasteiger partial charge in [0.25, 0.3) is 0 Å². The first-order valence-corrected chi connectivity index (χ1v) is 11.6. The summed E-state index contributed by atoms with van der Waals surface area (Å²) in [6.45, 7) is 9.02. The predicted molar refractivity (Wildman–Crippen MR) is 130 cm³/mol. The number of aryl methyl sites for hydroxylation is 1. The summed E-state index contributed by atoms with van der Waals surface area (Å²) in [4.78, 5) is 43.8. The predicted octanol–water partition coefficient (Wildman–Crippen LogP) is 3.29. The van der Waals surface area contributed by atoms with Gasteiger partial charge < -0.3 is 20.0 Å². The Bertz CT molecular complexity index is 1040. The molecule has 0 radical (unpaired) electrons. The Morgan fingerprint density at radius 1 is 0.970 bits per heavy atom. The first-order valence-electron chi connectivity index (χ1n) is 11.6. The zero-order chi connectivity index (χ0) is 23.5. The third-order valence-corrected chi connectivity index (χ3v) is 6.38. The van der Waals surface area contributed by atoms with Gasteiger partial charge in [0.15, 0.2) is 0 Å². The summed E-state index contributed by atoms with van der Waals surface area (Å²) < 4.78 is 0. The van der Waals surface area contributed by atoms with E-state index >= 15 is 0 Å². The van der Waals surface area contributed by atoms with Crippen molar-refractivity contribution in [3.05, 3.63) is 54.1 Å². The van der Waals surface area contributed by atoms with Crippen LogP contribution in [0.15, 0.2) is 48.5 Å². The minimum atomic E-state index is -0.336. The van der Waals surface area contributed by atoms with E-state index in [0.29, 0.717) is 31.0 Å². The molecule has 174 valence electrons. The lowest BCUT2D eigenvalue weighted by atomic mass is 10.1. The number of anilines is 3. The van der Waals surface area contributed by atoms with E-state index in [-0.39, 0.29) is 36.0 Å². The normalized spacial score (nSPS) is 18.7. The first kappa shape index (κ1) is 22.8. The van der Waals surface area contributed by atoms with Gasteiger partial charge in [-0.1, -0.05) is 32.0 Å². The van der Waals surface area contributed by atoms with Crippen molar-refractivity contribution < 1.29 is 14.4 Å². The van der Waals surface area contributed by atoms with Crippen molar-refractivity contribution in [2.45, 2.75) is 27.2 Å². The lowest BCUT2D eigenvalue weighted by Gasteiger charge is -2.37. The first-order chi connectivity index (χ1) is 15.8. The van der Waals surface area contributed by atoms with Crippen LogP contribution in [-0.4, -0.2) is 55.3 Å². The van der Waals surface area contributed by atoms with Crippen LogP contribution in [0.4, 0.5) is 17.1 Å². The highest BCUT2D eigenvalue weighted by molar-refractivity contribution is 6.01. The van der Waals surface area contributed by atoms with Gasteiger partial charge in [0.1, 0.15) is 0 Å². The fourth-order valence-corrected chi connectivity index (χ4v) is 4.43. The molecule has 2 aromatic rings. The third kappa shape index (κ3) is 5.18. The lowest BCUT2D eigenvalue weighted by Crippen LogP contribution is -2.50. The molecule has 0 aromatic heterocycles. The largest absolute Gasteiger partial charge is 0.368 e. The van der Waals surface area contributed by atoms with Crippen molar-refractivity contribution >= 4 is 34.8 Å². The van der Waals surface area contributed by atoms with Crippen LogP contribution in [0.2, 0.25) is 0 Å². The highest BCUT2D eigenvalue weighted by Gasteiger charge is 2.38.